The van der Waals surface area contributed by atoms with E-state index in [4.69, 9.17) is 0 Å². The highest BCUT2D eigenvalue weighted by Gasteiger charge is 2.35. The summed E-state index contributed by atoms with van der Waals surface area (Å²) in [6, 6.07) is 72.4. The average molecular weight is 706 g/mol. The highest BCUT2D eigenvalue weighted by Crippen LogP contribution is 2.52. The van der Waals surface area contributed by atoms with Gasteiger partial charge in [0.2, 0.25) is 0 Å². The summed E-state index contributed by atoms with van der Waals surface area (Å²) < 4.78 is 0. The van der Waals surface area contributed by atoms with Crippen LogP contribution in [0.2, 0.25) is 0 Å². The van der Waals surface area contributed by atoms with Gasteiger partial charge in [0, 0.05) is 56.8 Å². The van der Waals surface area contributed by atoms with Gasteiger partial charge in [-0.05, 0) is 120 Å². The molecule has 8 aromatic rings. The lowest BCUT2D eigenvalue weighted by molar-refractivity contribution is 0.820. The molecule has 1 aliphatic heterocycles. The molecule has 0 fully saturated rings. The molecule has 0 amide bonds. The summed E-state index contributed by atoms with van der Waals surface area (Å²) in [6.45, 7) is 0. The predicted octanol–water partition coefficient (Wildman–Crippen LogP) is 14.5. The molecule has 0 N–H and O–H groups in total. The molecule has 0 spiro atoms. The SMILES string of the molecule is C1=CCC2C(=C1)N(c1ccccc1)c1ccc(-c3cc(N(c4ccccc4)c4ccccc4)cc(N(c4ccccc4)c4cccc5ccccc45)c3)cc12. The molecule has 1 unspecified atom stereocenters. The molecule has 262 valence electrons. The second-order valence-corrected chi connectivity index (χ2v) is 14.2. The first-order chi connectivity index (χ1) is 27.3. The summed E-state index contributed by atoms with van der Waals surface area (Å²) in [5.41, 5.74) is 14.1. The molecule has 10 rings (SSSR count). The van der Waals surface area contributed by atoms with Crippen LogP contribution in [-0.2, 0) is 0 Å². The van der Waals surface area contributed by atoms with Gasteiger partial charge in [-0.1, -0.05) is 127 Å². The summed E-state index contributed by atoms with van der Waals surface area (Å²) in [5, 5.41) is 2.41. The first-order valence-electron chi connectivity index (χ1n) is 19.0. The van der Waals surface area contributed by atoms with Crippen LogP contribution in [0.3, 0.4) is 0 Å². The number of rotatable bonds is 8. The van der Waals surface area contributed by atoms with Gasteiger partial charge in [0.15, 0.2) is 0 Å². The van der Waals surface area contributed by atoms with Crippen molar-refractivity contribution in [2.75, 3.05) is 14.7 Å². The molecule has 3 heteroatoms. The zero-order chi connectivity index (χ0) is 36.6. The molecule has 1 heterocycles. The maximum absolute atomic E-state index is 2.44. The molecular weight excluding hydrogens is 667 g/mol. The van der Waals surface area contributed by atoms with Crippen molar-refractivity contribution in [3.63, 3.8) is 0 Å². The third kappa shape index (κ3) is 5.97. The van der Waals surface area contributed by atoms with Crippen molar-refractivity contribution in [3.8, 4) is 11.1 Å². The Balaban J connectivity index is 1.22. The number of nitrogens with zero attached hydrogens (tertiary/aromatic N) is 3. The minimum atomic E-state index is 0.296. The normalized spacial score (nSPS) is 14.3. The van der Waals surface area contributed by atoms with E-state index >= 15 is 0 Å². The molecule has 0 radical (unpaired) electrons. The molecule has 1 atom stereocenters. The first-order valence-corrected chi connectivity index (χ1v) is 19.0. The van der Waals surface area contributed by atoms with Gasteiger partial charge in [0.05, 0.1) is 5.69 Å². The Morgan fingerprint density at radius 3 is 1.73 bits per heavy atom. The van der Waals surface area contributed by atoms with E-state index in [1.165, 1.54) is 39.0 Å². The van der Waals surface area contributed by atoms with Crippen molar-refractivity contribution < 1.29 is 0 Å². The van der Waals surface area contributed by atoms with Gasteiger partial charge < -0.3 is 14.7 Å². The molecule has 1 aliphatic carbocycles. The Hall–Kier alpha value is -7.10. The monoisotopic (exact) mass is 705 g/mol. The van der Waals surface area contributed by atoms with E-state index in [0.29, 0.717) is 5.92 Å². The van der Waals surface area contributed by atoms with Crippen LogP contribution in [0.4, 0.5) is 45.5 Å². The standard InChI is InChI=1S/C52H39N3/c1-5-20-41(21-6-1)53(42-22-7-2-8-23-42)45-34-40(39-32-33-52-49(36-39)48-29-15-16-30-51(48)55(52)44-26-11-4-12-27-44)35-46(37-45)54(43-24-9-3-10-25-43)50-31-17-19-38-18-13-14-28-47(38)50/h1-28,30-37,48H,29H2. The van der Waals surface area contributed by atoms with E-state index in [-0.39, 0.29) is 0 Å². The van der Waals surface area contributed by atoms with Gasteiger partial charge in [-0.2, -0.15) is 0 Å². The number of hydrogen-bond acceptors (Lipinski definition) is 3. The fraction of sp³-hybridized carbons (Fsp3) is 0.0385. The number of fused-ring (bicyclic) bond motifs is 4. The van der Waals surface area contributed by atoms with Crippen LogP contribution in [0.25, 0.3) is 21.9 Å². The largest absolute Gasteiger partial charge is 0.313 e. The summed E-state index contributed by atoms with van der Waals surface area (Å²) in [5.74, 6) is 0.296. The van der Waals surface area contributed by atoms with E-state index < -0.39 is 0 Å². The zero-order valence-electron chi connectivity index (χ0n) is 30.4. The Morgan fingerprint density at radius 2 is 1.04 bits per heavy atom. The Bertz CT molecular complexity index is 2640. The number of anilines is 8. The topological polar surface area (TPSA) is 9.72 Å². The van der Waals surface area contributed by atoms with Gasteiger partial charge in [0.25, 0.3) is 0 Å². The molecule has 0 saturated carbocycles. The van der Waals surface area contributed by atoms with Gasteiger partial charge in [0.1, 0.15) is 0 Å². The van der Waals surface area contributed by atoms with Crippen molar-refractivity contribution in [1.29, 1.82) is 0 Å². The molecule has 3 nitrogen and oxygen atoms in total. The Kier molecular flexibility index (Phi) is 8.31. The van der Waals surface area contributed by atoms with Gasteiger partial charge in [-0.15, -0.1) is 0 Å². The van der Waals surface area contributed by atoms with E-state index in [1.54, 1.807) is 0 Å². The highest BCUT2D eigenvalue weighted by molar-refractivity contribution is 6.00. The maximum Gasteiger partial charge on any atom is 0.0540 e. The second-order valence-electron chi connectivity index (χ2n) is 14.2. The van der Waals surface area contributed by atoms with Crippen molar-refractivity contribution >= 4 is 56.3 Å². The van der Waals surface area contributed by atoms with E-state index in [0.717, 1.165) is 46.1 Å². The molecule has 2 aliphatic rings. The van der Waals surface area contributed by atoms with Gasteiger partial charge in [-0.3, -0.25) is 0 Å². The number of allylic oxidation sites excluding steroid dienone is 4. The lowest BCUT2D eigenvalue weighted by atomic mass is 9.90. The molecule has 0 aromatic heterocycles. The summed E-state index contributed by atoms with van der Waals surface area (Å²) in [7, 11) is 0. The third-order valence-corrected chi connectivity index (χ3v) is 10.9. The lowest BCUT2D eigenvalue weighted by Gasteiger charge is -2.31. The van der Waals surface area contributed by atoms with Crippen LogP contribution in [0, 0.1) is 0 Å². The van der Waals surface area contributed by atoms with Crippen LogP contribution >= 0.6 is 0 Å². The molecule has 55 heavy (non-hydrogen) atoms. The summed E-state index contributed by atoms with van der Waals surface area (Å²) in [4.78, 5) is 7.23. The molecule has 0 bridgehead atoms. The van der Waals surface area contributed by atoms with Crippen LogP contribution in [0.5, 0.6) is 0 Å². The van der Waals surface area contributed by atoms with Gasteiger partial charge in [-0.25, -0.2) is 0 Å². The second kappa shape index (κ2) is 14.0. The van der Waals surface area contributed by atoms with Crippen LogP contribution in [0.1, 0.15) is 17.9 Å². The highest BCUT2D eigenvalue weighted by atomic mass is 15.2. The van der Waals surface area contributed by atoms with E-state index in [1.807, 2.05) is 0 Å². The quantitative estimate of drug-likeness (QED) is 0.156. The van der Waals surface area contributed by atoms with Gasteiger partial charge >= 0.3 is 0 Å². The minimum absolute atomic E-state index is 0.296. The summed E-state index contributed by atoms with van der Waals surface area (Å²) >= 11 is 0. The number of benzene rings is 8. The number of para-hydroxylation sites is 4. The maximum atomic E-state index is 2.44. The average Bonchev–Trinajstić information content (AvgIpc) is 3.59. The van der Waals surface area contributed by atoms with Crippen LogP contribution in [-0.4, -0.2) is 0 Å². The van der Waals surface area contributed by atoms with Crippen molar-refractivity contribution in [2.24, 2.45) is 0 Å². The Labute approximate surface area is 323 Å². The fourth-order valence-electron chi connectivity index (χ4n) is 8.38. The van der Waals surface area contributed by atoms with Crippen molar-refractivity contribution in [2.45, 2.75) is 12.3 Å². The first kappa shape index (κ1) is 32.5. The predicted molar refractivity (Wildman–Crippen MR) is 232 cm³/mol. The van der Waals surface area contributed by atoms with Crippen molar-refractivity contribution in [1.82, 2.24) is 0 Å². The zero-order valence-corrected chi connectivity index (χ0v) is 30.4. The molecule has 0 saturated heterocycles. The molecular formula is C52H39N3. The third-order valence-electron chi connectivity index (χ3n) is 10.9. The Morgan fingerprint density at radius 1 is 0.455 bits per heavy atom. The van der Waals surface area contributed by atoms with Crippen LogP contribution < -0.4 is 14.7 Å². The van der Waals surface area contributed by atoms with E-state index in [2.05, 4.69) is 233 Å². The van der Waals surface area contributed by atoms with Crippen LogP contribution in [0.15, 0.2) is 224 Å². The minimum Gasteiger partial charge on any atom is -0.313 e. The molecule has 8 aromatic carbocycles. The summed E-state index contributed by atoms with van der Waals surface area (Å²) in [6.07, 6.45) is 7.78. The fourth-order valence-corrected chi connectivity index (χ4v) is 8.38. The smallest absolute Gasteiger partial charge is 0.0540 e. The number of hydrogen-bond donors (Lipinski definition) is 0. The van der Waals surface area contributed by atoms with E-state index in [9.17, 15) is 0 Å². The van der Waals surface area contributed by atoms with Crippen molar-refractivity contribution in [3.05, 3.63) is 230 Å². The lowest BCUT2D eigenvalue weighted by Crippen LogP contribution is -2.14.